The lowest BCUT2D eigenvalue weighted by Crippen LogP contribution is -2.44. The molecular weight excluding hydrogens is 425 g/mol. The maximum atomic E-state index is 8.55. The summed E-state index contributed by atoms with van der Waals surface area (Å²) in [6, 6.07) is 2.51. The van der Waals surface area contributed by atoms with E-state index in [1.807, 2.05) is 0 Å². The molecule has 8 heteroatoms. The van der Waals surface area contributed by atoms with Crippen molar-refractivity contribution >= 4 is 7.82 Å². The molecule has 0 aromatic heterocycles. The topological polar surface area (TPSA) is 86.2 Å². The molecule has 0 saturated carbocycles. The summed E-state index contributed by atoms with van der Waals surface area (Å²) >= 11 is 0. The molecule has 0 saturated heterocycles. The van der Waals surface area contributed by atoms with Crippen LogP contribution >= 0.6 is 7.82 Å². The highest BCUT2D eigenvalue weighted by Gasteiger charge is 2.19. The van der Waals surface area contributed by atoms with Gasteiger partial charge in [-0.25, -0.2) is 0 Å². The Hall–Kier alpha value is -0.0100. The molecule has 0 N–H and O–H groups in total. The summed E-state index contributed by atoms with van der Waals surface area (Å²) in [5.41, 5.74) is 0. The summed E-state index contributed by atoms with van der Waals surface area (Å²) in [5, 5.41) is 0. The number of rotatable bonds is 9. The van der Waals surface area contributed by atoms with Gasteiger partial charge in [-0.3, -0.25) is 0 Å². The van der Waals surface area contributed by atoms with Crippen LogP contribution in [0.1, 0.15) is 80.1 Å². The van der Waals surface area contributed by atoms with Crippen LogP contribution in [0.2, 0.25) is 0 Å². The fourth-order valence-electron chi connectivity index (χ4n) is 4.15. The van der Waals surface area contributed by atoms with Crippen molar-refractivity contribution in [3.8, 4) is 0 Å². The fraction of sp³-hybridized carbons (Fsp3) is 1.00. The first kappa shape index (κ1) is 39.2. The molecule has 0 aliphatic carbocycles. The van der Waals surface area contributed by atoms with Gasteiger partial charge in [0.1, 0.15) is 0 Å². The molecule has 0 bridgehead atoms. The molecule has 0 unspecified atom stereocenters. The summed E-state index contributed by atoms with van der Waals surface area (Å²) in [6.45, 7) is 13.6. The number of hydrogen-bond acceptors (Lipinski definition) is 4. The molecule has 32 heavy (non-hydrogen) atoms. The zero-order chi connectivity index (χ0) is 27.0. The van der Waals surface area contributed by atoms with Gasteiger partial charge in [0.15, 0.2) is 0 Å². The molecule has 0 heterocycles. The lowest BCUT2D eigenvalue weighted by molar-refractivity contribution is -0.896. The fourth-order valence-corrected chi connectivity index (χ4v) is 4.15. The number of nitrogens with zero attached hydrogens (tertiary/aromatic N) is 3. The summed E-state index contributed by atoms with van der Waals surface area (Å²) in [7, 11) is 15.0. The molecular formula is C24H60N3O4P. The minimum absolute atomic E-state index is 0.838. The van der Waals surface area contributed by atoms with Crippen LogP contribution in [0.25, 0.3) is 0 Å². The number of hydrogen-bond donors (Lipinski definition) is 0. The maximum absolute atomic E-state index is 8.55. The van der Waals surface area contributed by atoms with Gasteiger partial charge in [-0.1, -0.05) is 41.5 Å². The predicted octanol–water partition coefficient (Wildman–Crippen LogP) is 2.82. The highest BCUT2D eigenvalue weighted by molar-refractivity contribution is 7.40. The zero-order valence-electron chi connectivity index (χ0n) is 24.4. The van der Waals surface area contributed by atoms with Crippen molar-refractivity contribution in [1.29, 1.82) is 0 Å². The van der Waals surface area contributed by atoms with E-state index in [1.54, 1.807) is 0 Å². The Morgan fingerprint density at radius 1 is 0.469 bits per heavy atom. The molecule has 0 rings (SSSR count). The van der Waals surface area contributed by atoms with Gasteiger partial charge < -0.3 is 32.7 Å². The van der Waals surface area contributed by atoms with Gasteiger partial charge in [0, 0.05) is 0 Å². The number of quaternary nitrogens is 3. The van der Waals surface area contributed by atoms with Crippen LogP contribution in [-0.2, 0) is 4.57 Å². The first-order valence-corrected chi connectivity index (χ1v) is 13.7. The summed E-state index contributed by atoms with van der Waals surface area (Å²) < 4.78 is 11.9. The maximum Gasteiger partial charge on any atom is 0.0878 e. The molecule has 0 radical (unpaired) electrons. The highest BCUT2D eigenvalue weighted by atomic mass is 31.2. The SMILES string of the molecule is CCC(CC)[N+](C)(C)C.CCC(CC)[N+](C)(C)C.CCC(CC)[N+](C)(C)C.O=P([O-])([O-])[O-]. The average molecular weight is 486 g/mol. The van der Waals surface area contributed by atoms with Gasteiger partial charge in [0.25, 0.3) is 0 Å². The van der Waals surface area contributed by atoms with Crippen molar-refractivity contribution in [2.75, 3.05) is 63.4 Å². The van der Waals surface area contributed by atoms with Crippen LogP contribution in [-0.4, -0.2) is 95.0 Å². The minimum Gasteiger partial charge on any atom is -0.822 e. The Labute approximate surface area is 202 Å². The van der Waals surface area contributed by atoms with Crippen molar-refractivity contribution in [3.05, 3.63) is 0 Å². The molecule has 0 spiro atoms. The smallest absolute Gasteiger partial charge is 0.0878 e. The van der Waals surface area contributed by atoms with E-state index in [-0.39, 0.29) is 0 Å². The summed E-state index contributed by atoms with van der Waals surface area (Å²) in [6.07, 6.45) is 7.75. The second kappa shape index (κ2) is 18.3. The molecule has 0 aromatic rings. The second-order valence-corrected chi connectivity index (χ2v) is 12.1. The lowest BCUT2D eigenvalue weighted by atomic mass is 10.1. The van der Waals surface area contributed by atoms with E-state index in [0.717, 1.165) is 31.6 Å². The molecule has 200 valence electrons. The Morgan fingerprint density at radius 3 is 0.562 bits per heavy atom. The standard InChI is InChI=1S/3C8H20N.H3O4P/c3*1-6-8(7-2)9(3,4)5;1-5(2,3)4/h3*8H,6-7H2,1-5H3;(H3,1,2,3,4)/q3*+1;/p-3. The largest absolute Gasteiger partial charge is 0.822 e. The van der Waals surface area contributed by atoms with Crippen molar-refractivity contribution in [2.24, 2.45) is 0 Å². The van der Waals surface area contributed by atoms with Crippen LogP contribution in [0.3, 0.4) is 0 Å². The molecule has 0 fully saturated rings. The van der Waals surface area contributed by atoms with Crippen molar-refractivity contribution in [3.63, 3.8) is 0 Å². The van der Waals surface area contributed by atoms with Gasteiger partial charge in [-0.05, 0) is 38.5 Å². The van der Waals surface area contributed by atoms with Crippen LogP contribution in [0.15, 0.2) is 0 Å². The summed E-state index contributed by atoms with van der Waals surface area (Å²) in [4.78, 5) is 25.6. The van der Waals surface area contributed by atoms with E-state index in [9.17, 15) is 0 Å². The minimum atomic E-state index is -5.39. The number of phosphoric acid groups is 1. The van der Waals surface area contributed by atoms with Gasteiger partial charge in [0.2, 0.25) is 0 Å². The van der Waals surface area contributed by atoms with E-state index in [2.05, 4.69) is 105 Å². The van der Waals surface area contributed by atoms with Gasteiger partial charge in [0.05, 0.1) is 81.6 Å². The van der Waals surface area contributed by atoms with Crippen molar-refractivity contribution in [1.82, 2.24) is 0 Å². The second-order valence-electron chi connectivity index (χ2n) is 11.2. The molecule has 0 amide bonds. The van der Waals surface area contributed by atoms with Crippen molar-refractivity contribution < 1.29 is 32.7 Å². The van der Waals surface area contributed by atoms with Crippen LogP contribution in [0.5, 0.6) is 0 Å². The third-order valence-electron chi connectivity index (χ3n) is 6.11. The van der Waals surface area contributed by atoms with E-state index >= 15 is 0 Å². The first-order valence-electron chi connectivity index (χ1n) is 12.2. The Morgan fingerprint density at radius 2 is 0.562 bits per heavy atom. The van der Waals surface area contributed by atoms with Crippen LogP contribution in [0, 0.1) is 0 Å². The van der Waals surface area contributed by atoms with E-state index in [4.69, 9.17) is 19.2 Å². The van der Waals surface area contributed by atoms with Crippen molar-refractivity contribution in [2.45, 2.75) is 98.2 Å². The monoisotopic (exact) mass is 485 g/mol. The highest BCUT2D eigenvalue weighted by Crippen LogP contribution is 2.11. The Bertz CT molecular complexity index is 391. The van der Waals surface area contributed by atoms with Gasteiger partial charge in [-0.2, -0.15) is 7.82 Å². The van der Waals surface area contributed by atoms with Gasteiger partial charge in [-0.15, -0.1) is 0 Å². The van der Waals surface area contributed by atoms with Crippen LogP contribution < -0.4 is 14.7 Å². The molecule has 0 atom stereocenters. The Balaban J connectivity index is -0.000000167. The van der Waals surface area contributed by atoms with E-state index < -0.39 is 7.82 Å². The normalized spacial score (nSPS) is 12.5. The van der Waals surface area contributed by atoms with E-state index in [0.29, 0.717) is 0 Å². The quantitative estimate of drug-likeness (QED) is 0.371. The third kappa shape index (κ3) is 28.0. The third-order valence-corrected chi connectivity index (χ3v) is 6.11. The van der Waals surface area contributed by atoms with E-state index in [1.165, 1.54) is 38.5 Å². The first-order chi connectivity index (χ1) is 14.1. The molecule has 0 aromatic carbocycles. The molecule has 7 nitrogen and oxygen atoms in total. The summed E-state index contributed by atoms with van der Waals surface area (Å²) in [5.74, 6) is 0. The molecule has 0 aliphatic heterocycles. The Kier molecular flexibility index (Phi) is 22.5. The molecule has 0 aliphatic rings. The predicted molar refractivity (Wildman–Crippen MR) is 135 cm³/mol. The van der Waals surface area contributed by atoms with Gasteiger partial charge >= 0.3 is 0 Å². The lowest BCUT2D eigenvalue weighted by Gasteiger charge is -2.36. The zero-order valence-corrected chi connectivity index (χ0v) is 25.3. The average Bonchev–Trinajstić information content (AvgIpc) is 2.54. The van der Waals surface area contributed by atoms with Crippen LogP contribution in [0.4, 0.5) is 0 Å².